The van der Waals surface area contributed by atoms with Gasteiger partial charge in [-0.1, -0.05) is 0 Å². The summed E-state index contributed by atoms with van der Waals surface area (Å²) in [6.07, 6.45) is 2.13. The highest BCUT2D eigenvalue weighted by Crippen LogP contribution is 2.42. The molecule has 0 atom stereocenters. The van der Waals surface area contributed by atoms with Gasteiger partial charge in [0, 0.05) is 12.6 Å². The van der Waals surface area contributed by atoms with E-state index in [4.69, 9.17) is 19.3 Å². The highest BCUT2D eigenvalue weighted by atomic mass is 16.7. The van der Waals surface area contributed by atoms with E-state index in [0.29, 0.717) is 29.8 Å². The lowest BCUT2D eigenvalue weighted by Crippen LogP contribution is -2.31. The maximum Gasteiger partial charge on any atom is 0.317 e. The van der Waals surface area contributed by atoms with Crippen LogP contribution >= 0.6 is 0 Å². The van der Waals surface area contributed by atoms with E-state index in [2.05, 4.69) is 0 Å². The van der Waals surface area contributed by atoms with Crippen LogP contribution in [0.2, 0.25) is 0 Å². The molecule has 0 radical (unpaired) electrons. The number of fused-ring (bicyclic) bond motifs is 1. The van der Waals surface area contributed by atoms with Crippen molar-refractivity contribution >= 4 is 5.97 Å². The summed E-state index contributed by atoms with van der Waals surface area (Å²) in [4.78, 5) is 12.9. The first-order valence-corrected chi connectivity index (χ1v) is 6.59. The molecule has 1 aromatic carbocycles. The zero-order chi connectivity index (χ0) is 14.1. The number of carbonyl (C=O) groups is 1. The fourth-order valence-corrected chi connectivity index (χ4v) is 2.44. The van der Waals surface area contributed by atoms with Gasteiger partial charge in [0.25, 0.3) is 0 Å². The van der Waals surface area contributed by atoms with E-state index in [9.17, 15) is 4.79 Å². The van der Waals surface area contributed by atoms with Gasteiger partial charge in [-0.15, -0.1) is 0 Å². The van der Waals surface area contributed by atoms with E-state index < -0.39 is 5.97 Å². The van der Waals surface area contributed by atoms with Crippen LogP contribution in [0.1, 0.15) is 18.4 Å². The summed E-state index contributed by atoms with van der Waals surface area (Å²) in [6, 6.07) is 4.15. The number of aliphatic carboxylic acids is 1. The molecule has 1 heterocycles. The number of ether oxygens (including phenoxy) is 3. The molecule has 1 aliphatic heterocycles. The van der Waals surface area contributed by atoms with Crippen LogP contribution in [0.3, 0.4) is 0 Å². The normalized spacial score (nSPS) is 16.5. The van der Waals surface area contributed by atoms with Crippen molar-refractivity contribution in [2.45, 2.75) is 25.4 Å². The molecule has 1 N–H and O–H groups in total. The number of carboxylic acid groups (broad SMARTS) is 1. The van der Waals surface area contributed by atoms with Crippen molar-refractivity contribution < 1.29 is 24.1 Å². The minimum atomic E-state index is -0.801. The largest absolute Gasteiger partial charge is 0.493 e. The SMILES string of the molecule is COc1cc(CN(CC(=O)O)C2CC2)cc2c1OCO2. The highest BCUT2D eigenvalue weighted by molar-refractivity contribution is 5.69. The van der Waals surface area contributed by atoms with Crippen LogP contribution in [0.15, 0.2) is 12.1 Å². The fraction of sp³-hybridized carbons (Fsp3) is 0.500. The van der Waals surface area contributed by atoms with Crippen molar-refractivity contribution in [2.75, 3.05) is 20.4 Å². The van der Waals surface area contributed by atoms with E-state index >= 15 is 0 Å². The molecule has 0 bridgehead atoms. The third-order valence-corrected chi connectivity index (χ3v) is 3.51. The zero-order valence-electron chi connectivity index (χ0n) is 11.3. The molecule has 0 aromatic heterocycles. The van der Waals surface area contributed by atoms with E-state index in [0.717, 1.165) is 18.4 Å². The average Bonchev–Trinajstić information content (AvgIpc) is 3.15. The van der Waals surface area contributed by atoms with Crippen LogP contribution in [0.4, 0.5) is 0 Å². The molecule has 6 nitrogen and oxygen atoms in total. The first kappa shape index (κ1) is 13.1. The van der Waals surface area contributed by atoms with Gasteiger partial charge >= 0.3 is 5.97 Å². The molecule has 0 unspecified atom stereocenters. The Morgan fingerprint density at radius 3 is 2.90 bits per heavy atom. The van der Waals surface area contributed by atoms with Gasteiger partial charge in [-0.3, -0.25) is 9.69 Å². The molecular weight excluding hydrogens is 262 g/mol. The molecule has 0 spiro atoms. The van der Waals surface area contributed by atoms with Crippen molar-refractivity contribution in [1.82, 2.24) is 4.90 Å². The highest BCUT2D eigenvalue weighted by Gasteiger charge is 2.31. The van der Waals surface area contributed by atoms with Crippen molar-refractivity contribution in [1.29, 1.82) is 0 Å². The van der Waals surface area contributed by atoms with Crippen molar-refractivity contribution in [3.63, 3.8) is 0 Å². The summed E-state index contributed by atoms with van der Waals surface area (Å²) in [5.74, 6) is 1.10. The molecule has 2 aliphatic rings. The second-order valence-corrected chi connectivity index (χ2v) is 5.06. The number of methoxy groups -OCH3 is 1. The number of nitrogens with zero attached hydrogens (tertiary/aromatic N) is 1. The van der Waals surface area contributed by atoms with Crippen LogP contribution in [0.25, 0.3) is 0 Å². The van der Waals surface area contributed by atoms with Gasteiger partial charge in [-0.05, 0) is 30.5 Å². The molecule has 1 fully saturated rings. The smallest absolute Gasteiger partial charge is 0.317 e. The van der Waals surface area contributed by atoms with Crippen LogP contribution in [0.5, 0.6) is 17.2 Å². The van der Waals surface area contributed by atoms with E-state index in [-0.39, 0.29) is 13.3 Å². The van der Waals surface area contributed by atoms with Gasteiger partial charge in [0.05, 0.1) is 13.7 Å². The summed E-state index contributed by atoms with van der Waals surface area (Å²) in [5, 5.41) is 8.98. The van der Waals surface area contributed by atoms with Crippen molar-refractivity contribution in [3.05, 3.63) is 17.7 Å². The van der Waals surface area contributed by atoms with Gasteiger partial charge in [-0.25, -0.2) is 0 Å². The summed E-state index contributed by atoms with van der Waals surface area (Å²) >= 11 is 0. The Labute approximate surface area is 116 Å². The van der Waals surface area contributed by atoms with E-state index in [1.165, 1.54) is 0 Å². The minimum Gasteiger partial charge on any atom is -0.493 e. The number of hydrogen-bond acceptors (Lipinski definition) is 5. The molecule has 1 aliphatic carbocycles. The third-order valence-electron chi connectivity index (χ3n) is 3.51. The van der Waals surface area contributed by atoms with Gasteiger partial charge in [-0.2, -0.15) is 0 Å². The first-order valence-electron chi connectivity index (χ1n) is 6.59. The van der Waals surface area contributed by atoms with Crippen LogP contribution in [-0.4, -0.2) is 42.5 Å². The first-order chi connectivity index (χ1) is 9.67. The minimum absolute atomic E-state index is 0.0570. The van der Waals surface area contributed by atoms with E-state index in [1.54, 1.807) is 7.11 Å². The van der Waals surface area contributed by atoms with Gasteiger partial charge in [0.15, 0.2) is 11.5 Å². The number of carboxylic acids is 1. The molecule has 0 saturated heterocycles. The summed E-state index contributed by atoms with van der Waals surface area (Å²) < 4.78 is 16.0. The Morgan fingerprint density at radius 1 is 1.45 bits per heavy atom. The Morgan fingerprint density at radius 2 is 2.25 bits per heavy atom. The van der Waals surface area contributed by atoms with Gasteiger partial charge in [0.1, 0.15) is 0 Å². The average molecular weight is 279 g/mol. The quantitative estimate of drug-likeness (QED) is 0.850. The maximum atomic E-state index is 10.9. The predicted octanol–water partition coefficient (Wildman–Crippen LogP) is 1.47. The Hall–Kier alpha value is -1.95. The van der Waals surface area contributed by atoms with Gasteiger partial charge in [0.2, 0.25) is 12.5 Å². The van der Waals surface area contributed by atoms with E-state index in [1.807, 2.05) is 17.0 Å². The number of rotatable bonds is 6. The molecule has 0 amide bonds. The second-order valence-electron chi connectivity index (χ2n) is 5.06. The van der Waals surface area contributed by atoms with Crippen molar-refractivity contribution in [3.8, 4) is 17.2 Å². The molecular formula is C14H17NO5. The number of hydrogen-bond donors (Lipinski definition) is 1. The molecule has 1 saturated carbocycles. The second kappa shape index (κ2) is 5.20. The number of benzene rings is 1. The van der Waals surface area contributed by atoms with Gasteiger partial charge < -0.3 is 19.3 Å². The predicted molar refractivity (Wildman–Crippen MR) is 70.2 cm³/mol. The lowest BCUT2D eigenvalue weighted by Gasteiger charge is -2.20. The standard InChI is InChI=1S/C14H17NO5/c1-18-11-4-9(5-12-14(11)20-8-19-12)6-15(7-13(16)17)10-2-3-10/h4-5,10H,2-3,6-8H2,1H3,(H,16,17). The lowest BCUT2D eigenvalue weighted by molar-refractivity contribution is -0.138. The molecule has 1 aromatic rings. The summed E-state index contributed by atoms with van der Waals surface area (Å²) in [6.45, 7) is 0.821. The zero-order valence-corrected chi connectivity index (χ0v) is 11.3. The molecule has 20 heavy (non-hydrogen) atoms. The van der Waals surface area contributed by atoms with Crippen LogP contribution in [-0.2, 0) is 11.3 Å². The summed E-state index contributed by atoms with van der Waals surface area (Å²) in [5.41, 5.74) is 0.972. The maximum absolute atomic E-state index is 10.9. The fourth-order valence-electron chi connectivity index (χ4n) is 2.44. The Bertz CT molecular complexity index is 527. The van der Waals surface area contributed by atoms with Crippen molar-refractivity contribution in [2.24, 2.45) is 0 Å². The summed E-state index contributed by atoms with van der Waals surface area (Å²) in [7, 11) is 1.58. The van der Waals surface area contributed by atoms with Crippen LogP contribution < -0.4 is 14.2 Å². The third kappa shape index (κ3) is 2.65. The Kier molecular flexibility index (Phi) is 3.40. The topological polar surface area (TPSA) is 68.2 Å². The molecule has 6 heteroatoms. The molecule has 3 rings (SSSR count). The lowest BCUT2D eigenvalue weighted by atomic mass is 10.1. The monoisotopic (exact) mass is 279 g/mol. The van der Waals surface area contributed by atoms with Crippen LogP contribution in [0, 0.1) is 0 Å². The Balaban J connectivity index is 1.80. The molecule has 108 valence electrons.